The number of aromatic amines is 1. The van der Waals surface area contributed by atoms with Crippen LogP contribution in [0.15, 0.2) is 97.2 Å². The molecule has 5 aromatic rings. The predicted molar refractivity (Wildman–Crippen MR) is 191 cm³/mol. The van der Waals surface area contributed by atoms with E-state index in [0.29, 0.717) is 19.4 Å². The highest BCUT2D eigenvalue weighted by Crippen LogP contribution is 2.20. The molecule has 0 saturated heterocycles. The number of hydrogen-bond acceptors (Lipinski definition) is 5. The Morgan fingerprint density at radius 2 is 1.27 bits per heavy atom. The molecular weight excluding hydrogens is 653 g/mol. The molecule has 1 heterocycles. The molecule has 5 rings (SSSR count). The van der Waals surface area contributed by atoms with E-state index in [1.807, 2.05) is 60.7 Å². The van der Waals surface area contributed by atoms with Crippen molar-refractivity contribution in [2.75, 3.05) is 13.1 Å². The minimum Gasteiger partial charge on any atom is -0.481 e. The van der Waals surface area contributed by atoms with Crippen LogP contribution in [-0.4, -0.2) is 64.9 Å². The monoisotopic (exact) mass is 693 g/mol. The number of para-hydroxylation sites is 1. The summed E-state index contributed by atoms with van der Waals surface area (Å²) in [7, 11) is 0. The zero-order valence-corrected chi connectivity index (χ0v) is 27.9. The summed E-state index contributed by atoms with van der Waals surface area (Å²) >= 11 is 0. The molecule has 0 unspecified atom stereocenters. The first kappa shape index (κ1) is 36.2. The van der Waals surface area contributed by atoms with E-state index in [1.165, 1.54) is 12.1 Å². The van der Waals surface area contributed by atoms with E-state index in [1.54, 1.807) is 18.3 Å². The van der Waals surface area contributed by atoms with Crippen LogP contribution in [0, 0.1) is 5.82 Å². The first-order valence-corrected chi connectivity index (χ1v) is 16.8. The third-order valence-corrected chi connectivity index (χ3v) is 8.51. The molecule has 0 aliphatic heterocycles. The lowest BCUT2D eigenvalue weighted by Gasteiger charge is -2.19. The number of halogens is 1. The molecule has 2 atom stereocenters. The molecule has 4 aromatic carbocycles. The average Bonchev–Trinajstić information content (AvgIpc) is 3.53. The number of fused-ring (bicyclic) bond motifs is 2. The van der Waals surface area contributed by atoms with Gasteiger partial charge in [-0.3, -0.25) is 24.0 Å². The van der Waals surface area contributed by atoms with Crippen LogP contribution in [0.4, 0.5) is 4.39 Å². The molecule has 11 nitrogen and oxygen atoms in total. The fourth-order valence-corrected chi connectivity index (χ4v) is 5.83. The number of aliphatic carboxylic acids is 1. The van der Waals surface area contributed by atoms with Gasteiger partial charge in [-0.25, -0.2) is 4.39 Å². The number of H-pyrrole nitrogens is 1. The Hall–Kier alpha value is -6.04. The molecule has 0 saturated carbocycles. The normalized spacial score (nSPS) is 12.2. The van der Waals surface area contributed by atoms with Crippen molar-refractivity contribution in [2.45, 2.75) is 50.6 Å². The zero-order valence-electron chi connectivity index (χ0n) is 27.9. The minimum absolute atomic E-state index is 0.140. The number of nitrogens with one attached hydrogen (secondary N) is 5. The van der Waals surface area contributed by atoms with Gasteiger partial charge in [-0.1, -0.05) is 72.8 Å². The number of rotatable bonds is 17. The van der Waals surface area contributed by atoms with Crippen LogP contribution in [0.3, 0.4) is 0 Å². The second-order valence-electron chi connectivity index (χ2n) is 12.3. The Balaban J connectivity index is 1.15. The van der Waals surface area contributed by atoms with Gasteiger partial charge in [0.2, 0.25) is 23.6 Å². The van der Waals surface area contributed by atoms with Gasteiger partial charge in [-0.2, -0.15) is 0 Å². The number of carbonyl (C=O) groups excluding carboxylic acids is 4. The summed E-state index contributed by atoms with van der Waals surface area (Å²) in [5.41, 5.74) is 3.55. The van der Waals surface area contributed by atoms with Gasteiger partial charge < -0.3 is 31.4 Å². The van der Waals surface area contributed by atoms with Gasteiger partial charge in [0.25, 0.3) is 0 Å². The van der Waals surface area contributed by atoms with Crippen LogP contribution in [0.5, 0.6) is 0 Å². The summed E-state index contributed by atoms with van der Waals surface area (Å²) in [5.74, 6) is -4.01. The van der Waals surface area contributed by atoms with Crippen LogP contribution in [0.2, 0.25) is 0 Å². The maximum Gasteiger partial charge on any atom is 0.305 e. The molecule has 51 heavy (non-hydrogen) atoms. The molecule has 0 radical (unpaired) electrons. The SMILES string of the molecule is O=C(O)C[C@@H](NC(=O)CCC(=O)N[C@@H](Cc1c[nH]c2ccccc12)C(=O)NCCc1ccc2ccccc2c1)C(=O)NCCc1ccc(F)cc1. The minimum atomic E-state index is -1.37. The molecule has 6 N–H and O–H groups in total. The van der Waals surface area contributed by atoms with Crippen molar-refractivity contribution in [1.29, 1.82) is 0 Å². The number of carboxylic acids is 1. The zero-order chi connectivity index (χ0) is 36.2. The molecule has 12 heteroatoms. The van der Waals surface area contributed by atoms with Gasteiger partial charge in [0.1, 0.15) is 17.9 Å². The summed E-state index contributed by atoms with van der Waals surface area (Å²) in [4.78, 5) is 66.7. The highest BCUT2D eigenvalue weighted by Gasteiger charge is 2.25. The van der Waals surface area contributed by atoms with E-state index in [-0.39, 0.29) is 37.5 Å². The second-order valence-corrected chi connectivity index (χ2v) is 12.3. The van der Waals surface area contributed by atoms with Crippen molar-refractivity contribution in [3.05, 3.63) is 120 Å². The molecule has 1 aromatic heterocycles. The molecule has 4 amide bonds. The lowest BCUT2D eigenvalue weighted by Crippen LogP contribution is -2.49. The molecule has 0 aliphatic rings. The van der Waals surface area contributed by atoms with Crippen molar-refractivity contribution in [3.63, 3.8) is 0 Å². The Kier molecular flexibility index (Phi) is 12.5. The van der Waals surface area contributed by atoms with E-state index < -0.39 is 42.2 Å². The highest BCUT2D eigenvalue weighted by atomic mass is 19.1. The number of carbonyl (C=O) groups is 5. The largest absolute Gasteiger partial charge is 0.481 e. The van der Waals surface area contributed by atoms with Crippen LogP contribution in [-0.2, 0) is 43.2 Å². The van der Waals surface area contributed by atoms with Crippen LogP contribution in [0.25, 0.3) is 21.7 Å². The van der Waals surface area contributed by atoms with E-state index in [0.717, 1.165) is 38.4 Å². The fraction of sp³-hybridized carbons (Fsp3) is 0.256. The highest BCUT2D eigenvalue weighted by molar-refractivity contribution is 5.93. The summed E-state index contributed by atoms with van der Waals surface area (Å²) < 4.78 is 13.1. The van der Waals surface area contributed by atoms with E-state index in [9.17, 15) is 33.5 Å². The number of carboxylic acid groups (broad SMARTS) is 1. The number of aromatic nitrogens is 1. The van der Waals surface area contributed by atoms with Crippen molar-refractivity contribution in [3.8, 4) is 0 Å². The van der Waals surface area contributed by atoms with E-state index in [2.05, 4.69) is 32.3 Å². The molecule has 264 valence electrons. The Bertz CT molecular complexity index is 2010. The van der Waals surface area contributed by atoms with Gasteiger partial charge in [0.05, 0.1) is 6.42 Å². The van der Waals surface area contributed by atoms with Crippen LogP contribution in [0.1, 0.15) is 36.0 Å². The van der Waals surface area contributed by atoms with Gasteiger partial charge in [0.15, 0.2) is 0 Å². The second kappa shape index (κ2) is 17.6. The van der Waals surface area contributed by atoms with Crippen molar-refractivity contribution < 1.29 is 33.5 Å². The summed E-state index contributed by atoms with van der Waals surface area (Å²) in [5, 5.41) is 23.1. The smallest absolute Gasteiger partial charge is 0.305 e. The molecular formula is C39H40FN5O6. The molecule has 0 fully saturated rings. The first-order chi connectivity index (χ1) is 24.6. The number of benzene rings is 4. The topological polar surface area (TPSA) is 169 Å². The Morgan fingerprint density at radius 1 is 0.686 bits per heavy atom. The Morgan fingerprint density at radius 3 is 1.98 bits per heavy atom. The predicted octanol–water partition coefficient (Wildman–Crippen LogP) is 3.95. The maximum atomic E-state index is 13.5. The third-order valence-electron chi connectivity index (χ3n) is 8.51. The van der Waals surface area contributed by atoms with Crippen LogP contribution < -0.4 is 21.3 Å². The average molecular weight is 694 g/mol. The first-order valence-electron chi connectivity index (χ1n) is 16.8. The lowest BCUT2D eigenvalue weighted by atomic mass is 10.0. The lowest BCUT2D eigenvalue weighted by molar-refractivity contribution is -0.140. The van der Waals surface area contributed by atoms with Crippen molar-refractivity contribution in [2.24, 2.45) is 0 Å². The molecule has 0 spiro atoms. The molecule has 0 aliphatic carbocycles. The molecule has 0 bridgehead atoms. The Labute approximate surface area is 294 Å². The maximum absolute atomic E-state index is 13.5. The number of hydrogen-bond donors (Lipinski definition) is 6. The van der Waals surface area contributed by atoms with Gasteiger partial charge in [0, 0.05) is 49.5 Å². The van der Waals surface area contributed by atoms with Gasteiger partial charge >= 0.3 is 5.97 Å². The summed E-state index contributed by atoms with van der Waals surface area (Å²) in [6.45, 7) is 0.484. The van der Waals surface area contributed by atoms with Gasteiger partial charge in [-0.15, -0.1) is 0 Å². The summed E-state index contributed by atoms with van der Waals surface area (Å²) in [6.07, 6.45) is 1.65. The fourth-order valence-electron chi connectivity index (χ4n) is 5.83. The van der Waals surface area contributed by atoms with Gasteiger partial charge in [-0.05, 0) is 58.5 Å². The number of amides is 4. The van der Waals surface area contributed by atoms with Crippen molar-refractivity contribution in [1.82, 2.24) is 26.3 Å². The standard InChI is InChI=1S/C39H40FN5O6/c40-30-13-10-25(11-14-30)17-19-41-39(51)34(23-37(48)49)45-36(47)16-15-35(46)44-33(22-29-24-43-32-8-4-3-7-31(29)32)38(50)42-20-18-26-9-12-27-5-1-2-6-28(27)21-26/h1-14,21,24,33-34,43H,15-20,22-23H2,(H,41,51)(H,42,50)(H,44,46)(H,45,47)(H,48,49)/t33-,34+/m0/s1. The quantitative estimate of drug-likeness (QED) is 0.0862. The van der Waals surface area contributed by atoms with Crippen LogP contribution >= 0.6 is 0 Å². The van der Waals surface area contributed by atoms with E-state index >= 15 is 0 Å². The van der Waals surface area contributed by atoms with E-state index in [4.69, 9.17) is 0 Å². The third kappa shape index (κ3) is 10.7. The summed E-state index contributed by atoms with van der Waals surface area (Å²) in [6, 6.07) is 25.2. The van der Waals surface area contributed by atoms with Crippen molar-refractivity contribution >= 4 is 51.3 Å².